The molecule has 4 heteroatoms. The second-order valence-corrected chi connectivity index (χ2v) is 7.83. The number of benzene rings is 2. The molecule has 0 fully saturated rings. The fourth-order valence-corrected chi connectivity index (χ4v) is 4.05. The highest BCUT2D eigenvalue weighted by Gasteiger charge is 2.11. The Balaban J connectivity index is 1.40. The van der Waals surface area contributed by atoms with Crippen LogP contribution in [0.2, 0.25) is 0 Å². The van der Waals surface area contributed by atoms with Crippen LogP contribution in [0.1, 0.15) is 29.1 Å². The predicted octanol–water partition coefficient (Wildman–Crippen LogP) is 5.86. The van der Waals surface area contributed by atoms with Gasteiger partial charge in [0.05, 0.1) is 17.6 Å². The van der Waals surface area contributed by atoms with Crippen LogP contribution in [0.15, 0.2) is 66.0 Å². The summed E-state index contributed by atoms with van der Waals surface area (Å²) in [5.41, 5.74) is 3.54. The molecule has 138 valence electrons. The third kappa shape index (κ3) is 4.40. The zero-order valence-electron chi connectivity index (χ0n) is 15.6. The average Bonchev–Trinajstić information content (AvgIpc) is 3.30. The number of para-hydroxylation sites is 2. The molecule has 0 radical (unpaired) electrons. The number of ether oxygens (including phenoxy) is 1. The summed E-state index contributed by atoms with van der Waals surface area (Å²) in [6, 6.07) is 21.0. The molecule has 0 aliphatic heterocycles. The minimum atomic E-state index is 0.746. The Hall–Kier alpha value is -2.59. The number of aryl methyl sites for hydroxylation is 2. The Labute approximate surface area is 164 Å². The summed E-state index contributed by atoms with van der Waals surface area (Å²) in [5.74, 6) is 2.11. The van der Waals surface area contributed by atoms with Crippen molar-refractivity contribution in [1.29, 1.82) is 0 Å². The number of imidazole rings is 1. The normalized spacial score (nSPS) is 11.1. The molecular weight excluding hydrogens is 352 g/mol. The second-order valence-electron chi connectivity index (χ2n) is 6.80. The lowest BCUT2D eigenvalue weighted by molar-refractivity contribution is 0.303. The molecule has 3 nitrogen and oxygen atoms in total. The van der Waals surface area contributed by atoms with E-state index in [0.717, 1.165) is 49.5 Å². The Morgan fingerprint density at radius 3 is 2.78 bits per heavy atom. The number of unbranched alkanes of at least 4 members (excludes halogenated alkanes) is 1. The number of aromatic nitrogens is 2. The highest BCUT2D eigenvalue weighted by molar-refractivity contribution is 7.09. The van der Waals surface area contributed by atoms with E-state index in [1.807, 2.05) is 12.1 Å². The van der Waals surface area contributed by atoms with Gasteiger partial charge in [-0.05, 0) is 61.0 Å². The molecule has 0 saturated carbocycles. The van der Waals surface area contributed by atoms with Gasteiger partial charge in [0.15, 0.2) is 0 Å². The van der Waals surface area contributed by atoms with Crippen LogP contribution in [-0.2, 0) is 13.0 Å². The van der Waals surface area contributed by atoms with E-state index in [4.69, 9.17) is 9.72 Å². The number of rotatable bonds is 8. The molecular formula is C23H24N2OS. The fourth-order valence-electron chi connectivity index (χ4n) is 3.35. The van der Waals surface area contributed by atoms with Gasteiger partial charge in [-0.1, -0.05) is 30.3 Å². The minimum Gasteiger partial charge on any atom is -0.494 e. The number of hydrogen-bond acceptors (Lipinski definition) is 3. The molecule has 0 amide bonds. The van der Waals surface area contributed by atoms with Gasteiger partial charge < -0.3 is 9.30 Å². The molecule has 27 heavy (non-hydrogen) atoms. The monoisotopic (exact) mass is 376 g/mol. The maximum Gasteiger partial charge on any atom is 0.119 e. The molecule has 0 atom stereocenters. The van der Waals surface area contributed by atoms with Crippen LogP contribution in [0.25, 0.3) is 11.0 Å². The third-order valence-corrected chi connectivity index (χ3v) is 5.56. The van der Waals surface area contributed by atoms with E-state index < -0.39 is 0 Å². The van der Waals surface area contributed by atoms with E-state index in [2.05, 4.69) is 65.4 Å². The minimum absolute atomic E-state index is 0.746. The van der Waals surface area contributed by atoms with Crippen molar-refractivity contribution < 1.29 is 4.74 Å². The number of fused-ring (bicyclic) bond motifs is 1. The van der Waals surface area contributed by atoms with Gasteiger partial charge in [-0.2, -0.15) is 0 Å². The second kappa shape index (κ2) is 8.40. The van der Waals surface area contributed by atoms with Gasteiger partial charge in [-0.25, -0.2) is 4.98 Å². The summed E-state index contributed by atoms with van der Waals surface area (Å²) in [7, 11) is 0. The van der Waals surface area contributed by atoms with Crippen molar-refractivity contribution >= 4 is 22.4 Å². The lowest BCUT2D eigenvalue weighted by Gasteiger charge is -2.10. The number of thiophene rings is 1. The molecule has 0 unspecified atom stereocenters. The maximum atomic E-state index is 5.89. The van der Waals surface area contributed by atoms with Crippen LogP contribution in [0.3, 0.4) is 0 Å². The van der Waals surface area contributed by atoms with E-state index in [-0.39, 0.29) is 0 Å². The van der Waals surface area contributed by atoms with Gasteiger partial charge in [0.1, 0.15) is 11.6 Å². The summed E-state index contributed by atoms with van der Waals surface area (Å²) < 4.78 is 8.26. The molecule has 0 saturated heterocycles. The van der Waals surface area contributed by atoms with Crippen molar-refractivity contribution in [3.63, 3.8) is 0 Å². The van der Waals surface area contributed by atoms with E-state index >= 15 is 0 Å². The molecule has 0 bridgehead atoms. The molecule has 4 rings (SSSR count). The average molecular weight is 377 g/mol. The largest absolute Gasteiger partial charge is 0.494 e. The number of hydrogen-bond donors (Lipinski definition) is 0. The third-order valence-electron chi connectivity index (χ3n) is 4.68. The van der Waals surface area contributed by atoms with E-state index in [9.17, 15) is 0 Å². The molecule has 0 spiro atoms. The summed E-state index contributed by atoms with van der Waals surface area (Å²) in [6.07, 6.45) is 2.99. The molecule has 0 N–H and O–H groups in total. The van der Waals surface area contributed by atoms with E-state index in [1.165, 1.54) is 16.0 Å². The van der Waals surface area contributed by atoms with Crippen molar-refractivity contribution in [3.8, 4) is 5.75 Å². The quantitative estimate of drug-likeness (QED) is 0.360. The van der Waals surface area contributed by atoms with Crippen molar-refractivity contribution in [1.82, 2.24) is 9.55 Å². The smallest absolute Gasteiger partial charge is 0.119 e. The first kappa shape index (κ1) is 17.8. The molecule has 0 aliphatic rings. The Morgan fingerprint density at radius 1 is 1.00 bits per heavy atom. The molecule has 0 aliphatic carbocycles. The van der Waals surface area contributed by atoms with E-state index in [1.54, 1.807) is 11.3 Å². The van der Waals surface area contributed by atoms with Crippen LogP contribution in [-0.4, -0.2) is 16.2 Å². The summed E-state index contributed by atoms with van der Waals surface area (Å²) in [5, 5.41) is 2.13. The summed E-state index contributed by atoms with van der Waals surface area (Å²) in [4.78, 5) is 6.24. The predicted molar refractivity (Wildman–Crippen MR) is 113 cm³/mol. The Kier molecular flexibility index (Phi) is 5.54. The van der Waals surface area contributed by atoms with Gasteiger partial charge in [0.2, 0.25) is 0 Å². The van der Waals surface area contributed by atoms with Gasteiger partial charge in [0.25, 0.3) is 0 Å². The van der Waals surface area contributed by atoms with Crippen LogP contribution in [0, 0.1) is 6.92 Å². The first-order valence-corrected chi connectivity index (χ1v) is 10.3. The van der Waals surface area contributed by atoms with Crippen molar-refractivity contribution in [2.75, 3.05) is 6.61 Å². The van der Waals surface area contributed by atoms with Crippen molar-refractivity contribution in [2.24, 2.45) is 0 Å². The van der Waals surface area contributed by atoms with Crippen LogP contribution in [0.4, 0.5) is 0 Å². The van der Waals surface area contributed by atoms with Crippen LogP contribution < -0.4 is 4.74 Å². The lowest BCUT2D eigenvalue weighted by atomic mass is 10.2. The molecule has 4 aromatic rings. The summed E-state index contributed by atoms with van der Waals surface area (Å²) >= 11 is 1.79. The van der Waals surface area contributed by atoms with Crippen molar-refractivity contribution in [3.05, 3.63) is 82.3 Å². The first-order valence-electron chi connectivity index (χ1n) is 9.45. The fraction of sp³-hybridized carbons (Fsp3) is 0.261. The van der Waals surface area contributed by atoms with Gasteiger partial charge in [0, 0.05) is 17.8 Å². The Morgan fingerprint density at radius 2 is 1.93 bits per heavy atom. The summed E-state index contributed by atoms with van der Waals surface area (Å²) in [6.45, 7) is 3.81. The topological polar surface area (TPSA) is 27.1 Å². The van der Waals surface area contributed by atoms with Gasteiger partial charge in [-0.15, -0.1) is 11.3 Å². The highest BCUT2D eigenvalue weighted by Crippen LogP contribution is 2.21. The molecule has 2 aromatic carbocycles. The number of nitrogens with zero attached hydrogens (tertiary/aromatic N) is 2. The van der Waals surface area contributed by atoms with Crippen molar-refractivity contribution in [2.45, 2.75) is 32.7 Å². The van der Waals surface area contributed by atoms with Crippen LogP contribution >= 0.6 is 11.3 Å². The molecule has 2 heterocycles. The first-order chi connectivity index (χ1) is 13.3. The highest BCUT2D eigenvalue weighted by atomic mass is 32.1. The van der Waals surface area contributed by atoms with Gasteiger partial charge in [-0.3, -0.25) is 0 Å². The zero-order valence-corrected chi connectivity index (χ0v) is 16.4. The van der Waals surface area contributed by atoms with Crippen LogP contribution in [0.5, 0.6) is 5.75 Å². The molecule has 2 aromatic heterocycles. The Bertz CT molecular complexity index is 1000. The zero-order chi connectivity index (χ0) is 18.5. The lowest BCUT2D eigenvalue weighted by Crippen LogP contribution is -2.06. The SMILES string of the molecule is Cc1cccc(OCCCCn2c(Cc3cccs3)nc3ccccc32)c1. The van der Waals surface area contributed by atoms with Gasteiger partial charge >= 0.3 is 0 Å². The maximum absolute atomic E-state index is 5.89. The van der Waals surface area contributed by atoms with E-state index in [0.29, 0.717) is 0 Å². The standard InChI is InChI=1S/C23H24N2OS/c1-18-8-6-9-19(16-18)26-14-5-4-13-25-22-12-3-2-11-21(22)24-23(25)17-20-10-7-15-27-20/h2-3,6-12,15-16H,4-5,13-14,17H2,1H3.